The molecule has 0 saturated heterocycles. The van der Waals surface area contributed by atoms with E-state index >= 15 is 0 Å². The van der Waals surface area contributed by atoms with Crippen LogP contribution in [0.15, 0.2) is 36.5 Å². The molecule has 0 aliphatic heterocycles. The molecule has 482 valence electrons. The maximum absolute atomic E-state index is 13.0. The van der Waals surface area contributed by atoms with E-state index in [0.29, 0.717) is 19.3 Å². The first-order valence-corrected chi connectivity index (χ1v) is 37.0. The summed E-state index contributed by atoms with van der Waals surface area (Å²) < 4.78 is 17.0. The second-order valence-corrected chi connectivity index (χ2v) is 25.2. The van der Waals surface area contributed by atoms with Crippen LogP contribution < -0.4 is 0 Å². The standard InChI is InChI=1S/C76H142O6/c1-4-7-10-13-16-19-22-25-28-31-33-35-37-38-40-41-43-45-48-51-54-57-60-63-66-69-75(78)81-72-73(71-80-74(77)68-65-62-59-56-53-50-47-30-27-24-21-18-15-12-9-6-3)82-76(79)70-67-64-61-58-55-52-49-46-44-42-39-36-34-32-29-26-23-20-17-14-11-8-5-2/h21,24,30,32,34,47,73H,4-20,22-23,25-29,31,33,35-46,48-72H2,1-3H3/b24-21-,34-32-,47-30-. The van der Waals surface area contributed by atoms with Gasteiger partial charge in [-0.25, -0.2) is 0 Å². The molecule has 0 aliphatic carbocycles. The highest BCUT2D eigenvalue weighted by molar-refractivity contribution is 5.71. The van der Waals surface area contributed by atoms with Crippen LogP contribution in [0.1, 0.15) is 412 Å². The Morgan fingerprint density at radius 3 is 0.695 bits per heavy atom. The van der Waals surface area contributed by atoms with Crippen molar-refractivity contribution in [3.05, 3.63) is 36.5 Å². The van der Waals surface area contributed by atoms with Crippen molar-refractivity contribution in [2.24, 2.45) is 0 Å². The van der Waals surface area contributed by atoms with Gasteiger partial charge in [-0.05, 0) is 77.0 Å². The van der Waals surface area contributed by atoms with Crippen LogP contribution in [0.25, 0.3) is 0 Å². The molecule has 0 bridgehead atoms. The Bertz CT molecular complexity index is 1370. The molecule has 82 heavy (non-hydrogen) atoms. The minimum absolute atomic E-state index is 0.0719. The van der Waals surface area contributed by atoms with Crippen molar-refractivity contribution in [1.82, 2.24) is 0 Å². The van der Waals surface area contributed by atoms with Gasteiger partial charge in [0.1, 0.15) is 13.2 Å². The smallest absolute Gasteiger partial charge is 0.306 e. The number of rotatable bonds is 69. The maximum Gasteiger partial charge on any atom is 0.306 e. The number of carbonyl (C=O) groups excluding carboxylic acids is 3. The van der Waals surface area contributed by atoms with E-state index < -0.39 is 6.10 Å². The van der Waals surface area contributed by atoms with Gasteiger partial charge in [0.2, 0.25) is 0 Å². The maximum atomic E-state index is 13.0. The summed E-state index contributed by atoms with van der Waals surface area (Å²) in [5, 5.41) is 0. The molecule has 0 heterocycles. The van der Waals surface area contributed by atoms with E-state index in [1.165, 1.54) is 295 Å². The molecule has 0 spiro atoms. The predicted molar refractivity (Wildman–Crippen MR) is 358 cm³/mol. The van der Waals surface area contributed by atoms with Crippen molar-refractivity contribution in [1.29, 1.82) is 0 Å². The zero-order chi connectivity index (χ0) is 59.2. The average molecular weight is 1150 g/mol. The van der Waals surface area contributed by atoms with Gasteiger partial charge in [0.25, 0.3) is 0 Å². The van der Waals surface area contributed by atoms with E-state index in [9.17, 15) is 14.4 Å². The second kappa shape index (κ2) is 71.1. The highest BCUT2D eigenvalue weighted by atomic mass is 16.6. The number of carbonyl (C=O) groups is 3. The lowest BCUT2D eigenvalue weighted by atomic mass is 10.0. The van der Waals surface area contributed by atoms with Crippen molar-refractivity contribution >= 4 is 17.9 Å². The van der Waals surface area contributed by atoms with Gasteiger partial charge in [-0.3, -0.25) is 14.4 Å². The van der Waals surface area contributed by atoms with Gasteiger partial charge in [0, 0.05) is 19.3 Å². The van der Waals surface area contributed by atoms with Gasteiger partial charge in [0.05, 0.1) is 0 Å². The number of esters is 3. The first-order valence-electron chi connectivity index (χ1n) is 37.0. The minimum Gasteiger partial charge on any atom is -0.462 e. The summed E-state index contributed by atoms with van der Waals surface area (Å²) in [5.74, 6) is -0.856. The van der Waals surface area contributed by atoms with Crippen molar-refractivity contribution in [3.63, 3.8) is 0 Å². The molecule has 6 nitrogen and oxygen atoms in total. The molecule has 6 heteroatoms. The summed E-state index contributed by atoms with van der Waals surface area (Å²) >= 11 is 0. The molecule has 0 N–H and O–H groups in total. The SMILES string of the molecule is CCCCCC/C=C\C/C=C\CCCCCCCC(=O)OCC(COC(=O)CCCCCCCCCCCCCCCCCCCCCCCCCCC)OC(=O)CCCCCCCCCCCCC/C=C\CCCCCCCCCC. The molecule has 0 aromatic carbocycles. The lowest BCUT2D eigenvalue weighted by Gasteiger charge is -2.18. The van der Waals surface area contributed by atoms with E-state index in [-0.39, 0.29) is 31.1 Å². The fourth-order valence-electron chi connectivity index (χ4n) is 11.3. The molecular formula is C76H142O6. The Hall–Kier alpha value is -2.37. The second-order valence-electron chi connectivity index (χ2n) is 25.2. The molecule has 0 amide bonds. The third-order valence-corrected chi connectivity index (χ3v) is 16.9. The monoisotopic (exact) mass is 1150 g/mol. The quantitative estimate of drug-likeness (QED) is 0.0261. The third kappa shape index (κ3) is 68.4. The number of ether oxygens (including phenoxy) is 3. The zero-order valence-electron chi connectivity index (χ0n) is 55.5. The number of allylic oxidation sites excluding steroid dienone is 6. The van der Waals surface area contributed by atoms with Crippen LogP contribution in [0, 0.1) is 0 Å². The number of hydrogen-bond acceptors (Lipinski definition) is 6. The summed E-state index contributed by atoms with van der Waals surface area (Å²) in [6.45, 7) is 6.69. The zero-order valence-corrected chi connectivity index (χ0v) is 55.5. The van der Waals surface area contributed by atoms with E-state index in [2.05, 4.69) is 57.2 Å². The van der Waals surface area contributed by atoms with E-state index in [4.69, 9.17) is 14.2 Å². The van der Waals surface area contributed by atoms with Gasteiger partial charge in [-0.2, -0.15) is 0 Å². The van der Waals surface area contributed by atoms with Crippen molar-refractivity contribution in [3.8, 4) is 0 Å². The molecule has 0 fully saturated rings. The van der Waals surface area contributed by atoms with Crippen molar-refractivity contribution in [2.75, 3.05) is 13.2 Å². The summed E-state index contributed by atoms with van der Waals surface area (Å²) in [4.78, 5) is 38.5. The minimum atomic E-state index is -0.778. The van der Waals surface area contributed by atoms with Gasteiger partial charge < -0.3 is 14.2 Å². The lowest BCUT2D eigenvalue weighted by molar-refractivity contribution is -0.167. The van der Waals surface area contributed by atoms with Crippen LogP contribution in [0.4, 0.5) is 0 Å². The first kappa shape index (κ1) is 79.6. The van der Waals surface area contributed by atoms with E-state index in [1.54, 1.807) is 0 Å². The summed E-state index contributed by atoms with van der Waals surface area (Å²) in [6, 6.07) is 0. The molecule has 0 aromatic heterocycles. The molecule has 1 unspecified atom stereocenters. The molecule has 0 saturated carbocycles. The highest BCUT2D eigenvalue weighted by Crippen LogP contribution is 2.19. The Balaban J connectivity index is 4.27. The van der Waals surface area contributed by atoms with Gasteiger partial charge in [0.15, 0.2) is 6.10 Å². The largest absolute Gasteiger partial charge is 0.462 e. The van der Waals surface area contributed by atoms with Crippen LogP contribution in [0.5, 0.6) is 0 Å². The van der Waals surface area contributed by atoms with Crippen LogP contribution in [0.3, 0.4) is 0 Å². The molecule has 0 rings (SSSR count). The van der Waals surface area contributed by atoms with Crippen LogP contribution in [-0.4, -0.2) is 37.2 Å². The molecule has 0 aromatic rings. The summed E-state index contributed by atoms with van der Waals surface area (Å²) in [5.41, 5.74) is 0. The van der Waals surface area contributed by atoms with Crippen LogP contribution >= 0.6 is 0 Å². The Kier molecular flexibility index (Phi) is 69.1. The Morgan fingerprint density at radius 2 is 0.439 bits per heavy atom. The third-order valence-electron chi connectivity index (χ3n) is 16.9. The summed E-state index contributed by atoms with van der Waals surface area (Å²) in [7, 11) is 0. The average Bonchev–Trinajstić information content (AvgIpc) is 3.48. The Labute approximate surface area is 512 Å². The molecule has 0 aliphatic rings. The number of unbranched alkanes of at least 4 members (excludes halogenated alkanes) is 52. The normalized spacial score (nSPS) is 12.2. The van der Waals surface area contributed by atoms with Crippen molar-refractivity contribution in [2.45, 2.75) is 419 Å². The predicted octanol–water partition coefficient (Wildman–Crippen LogP) is 25.5. The van der Waals surface area contributed by atoms with Gasteiger partial charge in [-0.1, -0.05) is 353 Å². The number of hydrogen-bond donors (Lipinski definition) is 0. The lowest BCUT2D eigenvalue weighted by Crippen LogP contribution is -2.30. The van der Waals surface area contributed by atoms with E-state index in [0.717, 1.165) is 77.0 Å². The highest BCUT2D eigenvalue weighted by Gasteiger charge is 2.19. The topological polar surface area (TPSA) is 78.9 Å². The van der Waals surface area contributed by atoms with Gasteiger partial charge >= 0.3 is 17.9 Å². The van der Waals surface area contributed by atoms with Gasteiger partial charge in [-0.15, -0.1) is 0 Å². The molecule has 1 atom stereocenters. The van der Waals surface area contributed by atoms with Crippen molar-refractivity contribution < 1.29 is 28.6 Å². The summed E-state index contributed by atoms with van der Waals surface area (Å²) in [6.07, 6.45) is 89.0. The molecular weight excluding hydrogens is 1010 g/mol. The molecule has 0 radical (unpaired) electrons. The first-order chi connectivity index (χ1) is 40.5. The fourth-order valence-corrected chi connectivity index (χ4v) is 11.3. The van der Waals surface area contributed by atoms with E-state index in [1.807, 2.05) is 0 Å². The Morgan fingerprint density at radius 1 is 0.244 bits per heavy atom. The van der Waals surface area contributed by atoms with Crippen LogP contribution in [0.2, 0.25) is 0 Å². The fraction of sp³-hybridized carbons (Fsp3) is 0.882. The van der Waals surface area contributed by atoms with Crippen LogP contribution in [-0.2, 0) is 28.6 Å².